The number of aliphatic hydroxyl groups excluding tert-OH is 1. The molecular formula is C62H93N13O16. The molecule has 4 rings (SSSR count). The van der Waals surface area contributed by atoms with Crippen LogP contribution < -0.4 is 59.3 Å². The minimum absolute atomic E-state index is 0.00691. The van der Waals surface area contributed by atoms with Gasteiger partial charge in [0.2, 0.25) is 70.9 Å². The van der Waals surface area contributed by atoms with Gasteiger partial charge in [0, 0.05) is 25.9 Å². The van der Waals surface area contributed by atoms with Crippen molar-refractivity contribution in [3.8, 4) is 5.75 Å². The number of carbonyl (C=O) groups excluding carboxylic acids is 12. The van der Waals surface area contributed by atoms with Crippen LogP contribution in [0.4, 0.5) is 0 Å². The highest BCUT2D eigenvalue weighted by molar-refractivity contribution is 6.00. The Bertz CT molecular complexity index is 2880. The summed E-state index contributed by atoms with van der Waals surface area (Å²) in [6, 6.07) is 1.46. The van der Waals surface area contributed by atoms with Gasteiger partial charge in [0.25, 0.3) is 0 Å². The number of likely N-dealkylation sites (tertiary alicyclic amines) is 2. The number of carboxylic acids is 1. The van der Waals surface area contributed by atoms with E-state index in [-0.39, 0.29) is 81.5 Å². The van der Waals surface area contributed by atoms with E-state index in [9.17, 15) is 77.6 Å². The fourth-order valence-corrected chi connectivity index (χ4v) is 10.5. The van der Waals surface area contributed by atoms with E-state index < -0.39 is 169 Å². The maximum Gasteiger partial charge on any atom is 0.326 e. The predicted molar refractivity (Wildman–Crippen MR) is 331 cm³/mol. The zero-order valence-corrected chi connectivity index (χ0v) is 53.1. The minimum atomic E-state index is -1.68. The zero-order valence-electron chi connectivity index (χ0n) is 53.1. The summed E-state index contributed by atoms with van der Waals surface area (Å²) < 4.78 is 0. The van der Waals surface area contributed by atoms with Crippen molar-refractivity contribution in [3.63, 3.8) is 0 Å². The first-order valence-electron chi connectivity index (χ1n) is 30.9. The summed E-state index contributed by atoms with van der Waals surface area (Å²) in [7, 11) is 0. The van der Waals surface area contributed by atoms with Crippen LogP contribution in [0.25, 0.3) is 0 Å². The third-order valence-electron chi connectivity index (χ3n) is 15.8. The van der Waals surface area contributed by atoms with Crippen LogP contribution in [0, 0.1) is 23.7 Å². The fourth-order valence-electron chi connectivity index (χ4n) is 10.5. The lowest BCUT2D eigenvalue weighted by Gasteiger charge is -2.31. The summed E-state index contributed by atoms with van der Waals surface area (Å²) in [5, 5.41) is 53.0. The quantitative estimate of drug-likeness (QED) is 0.0350. The van der Waals surface area contributed by atoms with Crippen molar-refractivity contribution in [2.75, 3.05) is 32.8 Å². The van der Waals surface area contributed by atoms with E-state index in [1.165, 1.54) is 17.0 Å². The molecule has 2 aliphatic heterocycles. The molecule has 502 valence electrons. The molecule has 0 saturated carbocycles. The highest BCUT2D eigenvalue weighted by Crippen LogP contribution is 2.22. The van der Waals surface area contributed by atoms with Gasteiger partial charge in [-0.1, -0.05) is 104 Å². The van der Waals surface area contributed by atoms with Crippen LogP contribution in [0.2, 0.25) is 0 Å². The number of nitrogens with two attached hydrogens (primary N) is 2. The number of carboxylic acid groups (broad SMARTS) is 1. The molecule has 16 N–H and O–H groups in total. The minimum Gasteiger partial charge on any atom is -0.508 e. The van der Waals surface area contributed by atoms with Gasteiger partial charge in [-0.15, -0.1) is 0 Å². The van der Waals surface area contributed by atoms with Crippen LogP contribution in [0.3, 0.4) is 0 Å². The summed E-state index contributed by atoms with van der Waals surface area (Å²) >= 11 is 0. The van der Waals surface area contributed by atoms with Gasteiger partial charge in [-0.05, 0) is 85.5 Å². The van der Waals surface area contributed by atoms with Gasteiger partial charge < -0.3 is 84.4 Å². The number of rotatable bonds is 35. The molecule has 2 heterocycles. The Morgan fingerprint density at radius 1 is 0.560 bits per heavy atom. The summed E-state index contributed by atoms with van der Waals surface area (Å²) in [6.07, 6.45) is 0.771. The molecule has 2 aliphatic rings. The molecule has 11 atom stereocenters. The molecule has 2 saturated heterocycles. The van der Waals surface area contributed by atoms with Crippen molar-refractivity contribution in [1.82, 2.24) is 57.7 Å². The first-order valence-corrected chi connectivity index (χ1v) is 30.9. The summed E-state index contributed by atoms with van der Waals surface area (Å²) in [4.78, 5) is 178. The van der Waals surface area contributed by atoms with Crippen molar-refractivity contribution in [1.29, 1.82) is 0 Å². The SMILES string of the molecule is CCC(C)C(N)C(=O)NC(Cc1ccc(O)cc1)C(=O)NC(CC(C)C)C(=O)NCC(=O)NCC(=O)N1CCCC1C(=O)NC(Cc1ccccc1)C(=O)NC(CO)C(=O)N1CCCC1C(=O)NC(CC(N)=O)C(=O)NC(C(=O)NC(CC(C)C)C(=O)O)C(C)C. The van der Waals surface area contributed by atoms with Crippen molar-refractivity contribution >= 4 is 76.9 Å². The Balaban J connectivity index is 1.41. The van der Waals surface area contributed by atoms with Crippen LogP contribution in [0.1, 0.15) is 118 Å². The van der Waals surface area contributed by atoms with Crippen molar-refractivity contribution in [2.45, 2.75) is 180 Å². The monoisotopic (exact) mass is 1280 g/mol. The summed E-state index contributed by atoms with van der Waals surface area (Å²) in [5.74, 6) is -12.1. The third-order valence-corrected chi connectivity index (χ3v) is 15.8. The molecule has 2 fully saturated rings. The second-order valence-corrected chi connectivity index (χ2v) is 24.4. The lowest BCUT2D eigenvalue weighted by atomic mass is 9.97. The highest BCUT2D eigenvalue weighted by atomic mass is 16.4. The first-order chi connectivity index (χ1) is 42.9. The maximum atomic E-state index is 14.3. The van der Waals surface area contributed by atoms with Crippen LogP contribution in [-0.4, -0.2) is 195 Å². The molecule has 0 aromatic heterocycles. The Kier molecular flexibility index (Phi) is 29.7. The fraction of sp³-hybridized carbons (Fsp3) is 0.597. The van der Waals surface area contributed by atoms with E-state index in [0.717, 1.165) is 4.90 Å². The Hall–Kier alpha value is -8.73. The molecule has 0 spiro atoms. The molecule has 2 aromatic carbocycles. The Morgan fingerprint density at radius 3 is 1.59 bits per heavy atom. The number of amides is 12. The average molecular weight is 1280 g/mol. The number of nitrogens with one attached hydrogen (secondary N) is 9. The normalized spacial score (nSPS) is 17.6. The molecule has 29 nitrogen and oxygen atoms in total. The van der Waals surface area contributed by atoms with Gasteiger partial charge in [0.05, 0.1) is 32.2 Å². The number of phenols is 1. The Morgan fingerprint density at radius 2 is 1.05 bits per heavy atom. The molecule has 11 unspecified atom stereocenters. The molecule has 12 amide bonds. The number of phenolic OH excluding ortho intramolecular Hbond substituents is 1. The van der Waals surface area contributed by atoms with Crippen molar-refractivity contribution in [2.24, 2.45) is 35.1 Å². The van der Waals surface area contributed by atoms with Gasteiger partial charge in [0.1, 0.15) is 60.1 Å². The first kappa shape index (κ1) is 74.7. The molecule has 2 aromatic rings. The van der Waals surface area contributed by atoms with Crippen LogP contribution >= 0.6 is 0 Å². The van der Waals surface area contributed by atoms with Gasteiger partial charge in [0.15, 0.2) is 0 Å². The van der Waals surface area contributed by atoms with Crippen LogP contribution in [-0.2, 0) is 75.2 Å². The lowest BCUT2D eigenvalue weighted by molar-refractivity contribution is -0.144. The number of hydrogen-bond donors (Lipinski definition) is 14. The van der Waals surface area contributed by atoms with E-state index >= 15 is 0 Å². The largest absolute Gasteiger partial charge is 0.508 e. The number of nitrogens with zero attached hydrogens (tertiary/aromatic N) is 2. The second kappa shape index (κ2) is 36.2. The third kappa shape index (κ3) is 23.5. The van der Waals surface area contributed by atoms with E-state index in [1.807, 2.05) is 20.8 Å². The number of carbonyl (C=O) groups is 13. The van der Waals surface area contributed by atoms with E-state index in [0.29, 0.717) is 24.0 Å². The number of primary amides is 1. The average Bonchev–Trinajstić information content (AvgIpc) is 1.85. The Labute approximate surface area is 529 Å². The number of aliphatic hydroxyl groups is 1. The van der Waals surface area contributed by atoms with Crippen LogP contribution in [0.5, 0.6) is 5.75 Å². The number of hydrogen-bond acceptors (Lipinski definition) is 16. The van der Waals surface area contributed by atoms with Crippen molar-refractivity contribution in [3.05, 3.63) is 65.7 Å². The summed E-state index contributed by atoms with van der Waals surface area (Å²) in [5.41, 5.74) is 12.8. The van der Waals surface area contributed by atoms with Gasteiger partial charge >= 0.3 is 5.97 Å². The van der Waals surface area contributed by atoms with Gasteiger partial charge in [-0.3, -0.25) is 57.5 Å². The smallest absolute Gasteiger partial charge is 0.326 e. The maximum absolute atomic E-state index is 14.3. The summed E-state index contributed by atoms with van der Waals surface area (Å²) in [6.45, 7) is 11.9. The molecular weight excluding hydrogens is 1180 g/mol. The zero-order chi connectivity index (χ0) is 67.8. The van der Waals surface area contributed by atoms with E-state index in [2.05, 4.69) is 47.9 Å². The number of aromatic hydroxyl groups is 1. The van der Waals surface area contributed by atoms with Crippen LogP contribution in [0.15, 0.2) is 54.6 Å². The molecule has 0 aliphatic carbocycles. The molecule has 0 bridgehead atoms. The second-order valence-electron chi connectivity index (χ2n) is 24.4. The van der Waals surface area contributed by atoms with Crippen molar-refractivity contribution < 1.29 is 77.6 Å². The standard InChI is InChI=1S/C62H93N13O16/c1-9-36(8)51(64)59(87)70-42(28-38-19-21-39(77)22-20-38)54(82)67-40(25-33(2)3)53(81)66-30-49(79)65-31-50(80)74-23-13-17-46(74)57(85)68-41(27-37-15-11-10-12-16-37)55(83)72-45(32-76)61(89)75-24-14-18-47(75)58(86)69-43(29-48(63)78)56(84)73-52(35(6)7)60(88)71-44(62(90)91)26-34(4)5/h10-12,15-16,19-22,33-36,40-47,51-52,76-77H,9,13-14,17-18,23-32,64H2,1-8H3,(H2,63,78)(H,65,79)(H,66,81)(H,67,82)(H,68,85)(H,69,86)(H,70,87)(H,71,88)(H,72,83)(H,73,84)(H,90,91). The topological polar surface area (TPSA) is 449 Å². The number of aliphatic carboxylic acids is 1. The molecule has 91 heavy (non-hydrogen) atoms. The number of benzene rings is 2. The van der Waals surface area contributed by atoms with Gasteiger partial charge in [-0.2, -0.15) is 0 Å². The van der Waals surface area contributed by atoms with Gasteiger partial charge in [-0.25, -0.2) is 4.79 Å². The predicted octanol–water partition coefficient (Wildman–Crippen LogP) is -2.14. The molecule has 0 radical (unpaired) electrons. The van der Waals surface area contributed by atoms with E-state index in [4.69, 9.17) is 11.5 Å². The van der Waals surface area contributed by atoms with E-state index in [1.54, 1.807) is 77.1 Å². The highest BCUT2D eigenvalue weighted by Gasteiger charge is 2.42. The lowest BCUT2D eigenvalue weighted by Crippen LogP contribution is -2.61. The molecule has 29 heteroatoms.